The Morgan fingerprint density at radius 3 is 1.81 bits per heavy atom. The summed E-state index contributed by atoms with van der Waals surface area (Å²) in [5, 5.41) is 2.46. The van der Waals surface area contributed by atoms with Crippen molar-refractivity contribution in [1.29, 1.82) is 0 Å². The molecule has 1 aromatic rings. The molecule has 0 amide bonds. The predicted octanol–water partition coefficient (Wildman–Crippen LogP) is 4.86. The van der Waals surface area contributed by atoms with Crippen LogP contribution in [0.15, 0.2) is 30.3 Å². The van der Waals surface area contributed by atoms with Crippen LogP contribution < -0.4 is 5.32 Å². The van der Waals surface area contributed by atoms with Crippen LogP contribution in [0.3, 0.4) is 0 Å². The number of benzene rings is 1. The van der Waals surface area contributed by atoms with Gasteiger partial charge < -0.3 is 5.32 Å². The molecule has 7 heteroatoms. The molecule has 2 unspecified atom stereocenters. The molecule has 0 radical (unpaired) electrons. The maximum Gasteiger partial charge on any atom is 0.401 e. The van der Waals surface area contributed by atoms with Crippen LogP contribution >= 0.6 is 0 Å². The maximum absolute atomic E-state index is 12.7. The second-order valence-electron chi connectivity index (χ2n) is 4.87. The van der Waals surface area contributed by atoms with Gasteiger partial charge in [0.15, 0.2) is 5.92 Å². The summed E-state index contributed by atoms with van der Waals surface area (Å²) in [5.41, 5.74) is 0.638. The molecule has 1 nitrogen and oxygen atoms in total. The lowest BCUT2D eigenvalue weighted by atomic mass is 9.94. The van der Waals surface area contributed by atoms with Gasteiger partial charge in [0.2, 0.25) is 0 Å². The highest BCUT2D eigenvalue weighted by Gasteiger charge is 2.59. The fraction of sp³-hybridized carbons (Fsp3) is 0.571. The van der Waals surface area contributed by atoms with Crippen molar-refractivity contribution < 1.29 is 26.3 Å². The topological polar surface area (TPSA) is 12.0 Å². The highest BCUT2D eigenvalue weighted by Crippen LogP contribution is 2.42. The van der Waals surface area contributed by atoms with Crippen molar-refractivity contribution in [3.63, 3.8) is 0 Å². The summed E-state index contributed by atoms with van der Waals surface area (Å²) >= 11 is 0. The van der Waals surface area contributed by atoms with E-state index in [9.17, 15) is 26.3 Å². The Hall–Kier alpha value is -1.24. The Morgan fingerprint density at radius 1 is 0.952 bits per heavy atom. The van der Waals surface area contributed by atoms with E-state index in [4.69, 9.17) is 0 Å². The molecule has 0 aromatic heterocycles. The van der Waals surface area contributed by atoms with E-state index in [1.165, 1.54) is 6.92 Å². The number of alkyl halides is 6. The second kappa shape index (κ2) is 6.68. The molecule has 1 aromatic carbocycles. The summed E-state index contributed by atoms with van der Waals surface area (Å²) in [6.07, 6.45) is -10.9. The monoisotopic (exact) mass is 313 g/mol. The molecule has 0 saturated carbocycles. The van der Waals surface area contributed by atoms with Crippen molar-refractivity contribution in [3.05, 3.63) is 35.9 Å². The van der Waals surface area contributed by atoms with Gasteiger partial charge in [-0.05, 0) is 18.9 Å². The van der Waals surface area contributed by atoms with Crippen LogP contribution in [0.25, 0.3) is 0 Å². The van der Waals surface area contributed by atoms with E-state index >= 15 is 0 Å². The largest absolute Gasteiger partial charge is 0.401 e. The SMILES string of the molecule is CCC(NC(C)c1ccccc1)C(C(F)(F)F)C(F)(F)F. The average molecular weight is 313 g/mol. The molecule has 0 aliphatic heterocycles. The highest BCUT2D eigenvalue weighted by molar-refractivity contribution is 5.18. The summed E-state index contributed by atoms with van der Waals surface area (Å²) in [5.74, 6) is -3.37. The summed E-state index contributed by atoms with van der Waals surface area (Å²) < 4.78 is 76.5. The van der Waals surface area contributed by atoms with E-state index in [0.717, 1.165) is 0 Å². The van der Waals surface area contributed by atoms with Crippen LogP contribution in [0, 0.1) is 5.92 Å². The zero-order valence-electron chi connectivity index (χ0n) is 11.6. The molecule has 0 saturated heterocycles. The summed E-state index contributed by atoms with van der Waals surface area (Å²) in [7, 11) is 0. The minimum atomic E-state index is -5.33. The third-order valence-electron chi connectivity index (χ3n) is 3.31. The van der Waals surface area contributed by atoms with E-state index in [1.54, 1.807) is 37.3 Å². The quantitative estimate of drug-likeness (QED) is 0.766. The molecule has 0 bridgehead atoms. The van der Waals surface area contributed by atoms with Crippen LogP contribution in [0.4, 0.5) is 26.3 Å². The van der Waals surface area contributed by atoms with Gasteiger partial charge in [-0.2, -0.15) is 26.3 Å². The van der Waals surface area contributed by atoms with Crippen LogP contribution in [0.1, 0.15) is 31.9 Å². The lowest BCUT2D eigenvalue weighted by Crippen LogP contribution is -2.51. The van der Waals surface area contributed by atoms with Crippen molar-refractivity contribution in [2.45, 2.75) is 44.7 Å². The van der Waals surface area contributed by atoms with E-state index < -0.39 is 30.4 Å². The molecule has 1 N–H and O–H groups in total. The molecule has 120 valence electrons. The first-order valence-corrected chi connectivity index (χ1v) is 6.51. The Morgan fingerprint density at radius 2 is 1.43 bits per heavy atom. The summed E-state index contributed by atoms with van der Waals surface area (Å²) in [6.45, 7) is 2.85. The number of hydrogen-bond acceptors (Lipinski definition) is 1. The Bertz CT molecular complexity index is 411. The minimum Gasteiger partial charge on any atom is -0.306 e. The summed E-state index contributed by atoms with van der Waals surface area (Å²) in [4.78, 5) is 0. The molecule has 0 aliphatic rings. The van der Waals surface area contributed by atoms with Crippen LogP contribution in [-0.2, 0) is 0 Å². The molecule has 0 aliphatic carbocycles. The number of nitrogens with one attached hydrogen (secondary N) is 1. The number of hydrogen-bond donors (Lipinski definition) is 1. The number of halogens is 6. The highest BCUT2D eigenvalue weighted by atomic mass is 19.4. The second-order valence-corrected chi connectivity index (χ2v) is 4.87. The van der Waals surface area contributed by atoms with E-state index in [0.29, 0.717) is 5.56 Å². The Kier molecular flexibility index (Phi) is 5.67. The van der Waals surface area contributed by atoms with E-state index in [1.807, 2.05) is 0 Å². The fourth-order valence-corrected chi connectivity index (χ4v) is 2.25. The predicted molar refractivity (Wildman–Crippen MR) is 67.7 cm³/mol. The maximum atomic E-state index is 12.7. The van der Waals surface area contributed by atoms with Gasteiger partial charge in [-0.15, -0.1) is 0 Å². The fourth-order valence-electron chi connectivity index (χ4n) is 2.25. The van der Waals surface area contributed by atoms with E-state index in [2.05, 4.69) is 5.32 Å². The molecule has 0 spiro atoms. The van der Waals surface area contributed by atoms with Crippen LogP contribution in [0.5, 0.6) is 0 Å². The van der Waals surface area contributed by atoms with Gasteiger partial charge in [0.05, 0.1) is 0 Å². The third kappa shape index (κ3) is 4.91. The van der Waals surface area contributed by atoms with Gasteiger partial charge in [0, 0.05) is 12.1 Å². The first-order chi connectivity index (χ1) is 9.57. The molecule has 0 fully saturated rings. The van der Waals surface area contributed by atoms with Crippen LogP contribution in [-0.4, -0.2) is 18.4 Å². The first kappa shape index (κ1) is 17.8. The van der Waals surface area contributed by atoms with Gasteiger partial charge in [0.1, 0.15) is 0 Å². The van der Waals surface area contributed by atoms with Crippen molar-refractivity contribution >= 4 is 0 Å². The summed E-state index contributed by atoms with van der Waals surface area (Å²) in [6, 6.07) is 6.06. The van der Waals surface area contributed by atoms with Gasteiger partial charge in [-0.1, -0.05) is 37.3 Å². The molecule has 21 heavy (non-hydrogen) atoms. The van der Waals surface area contributed by atoms with Crippen molar-refractivity contribution in [2.24, 2.45) is 5.92 Å². The first-order valence-electron chi connectivity index (χ1n) is 6.51. The van der Waals surface area contributed by atoms with Gasteiger partial charge >= 0.3 is 12.4 Å². The molecule has 0 heterocycles. The van der Waals surface area contributed by atoms with Crippen molar-refractivity contribution in [3.8, 4) is 0 Å². The zero-order chi connectivity index (χ0) is 16.3. The standard InChI is InChI=1S/C14H17F6N/c1-3-11(12(13(15,16)17)14(18,19)20)21-9(2)10-7-5-4-6-8-10/h4-9,11-12,21H,3H2,1-2H3. The molecule has 2 atom stereocenters. The third-order valence-corrected chi connectivity index (χ3v) is 3.31. The lowest BCUT2D eigenvalue weighted by Gasteiger charge is -2.32. The van der Waals surface area contributed by atoms with E-state index in [-0.39, 0.29) is 6.42 Å². The van der Waals surface area contributed by atoms with Gasteiger partial charge in [-0.25, -0.2) is 0 Å². The smallest absolute Gasteiger partial charge is 0.306 e. The number of rotatable bonds is 5. The van der Waals surface area contributed by atoms with Gasteiger partial charge in [0.25, 0.3) is 0 Å². The molecular weight excluding hydrogens is 296 g/mol. The van der Waals surface area contributed by atoms with Crippen LogP contribution in [0.2, 0.25) is 0 Å². The Balaban J connectivity index is 2.95. The average Bonchev–Trinajstić information content (AvgIpc) is 2.35. The van der Waals surface area contributed by atoms with Crippen molar-refractivity contribution in [2.75, 3.05) is 0 Å². The van der Waals surface area contributed by atoms with Crippen molar-refractivity contribution in [1.82, 2.24) is 5.32 Å². The molecular formula is C14H17F6N. The zero-order valence-corrected chi connectivity index (χ0v) is 11.6. The van der Waals surface area contributed by atoms with Gasteiger partial charge in [-0.3, -0.25) is 0 Å². The minimum absolute atomic E-state index is 0.277. The normalized spacial score (nSPS) is 16.0. The Labute approximate surface area is 119 Å². The lowest BCUT2D eigenvalue weighted by molar-refractivity contribution is -0.292. The molecule has 1 rings (SSSR count).